The second-order valence-corrected chi connectivity index (χ2v) is 2.43. The van der Waals surface area contributed by atoms with Crippen LogP contribution in [-0.4, -0.2) is 10.1 Å². The van der Waals surface area contributed by atoms with Crippen LogP contribution in [0.1, 0.15) is 5.82 Å². The van der Waals surface area contributed by atoms with Gasteiger partial charge in [-0.05, 0) is 6.07 Å². The minimum Gasteiger partial charge on any atom is -0.472 e. The van der Waals surface area contributed by atoms with E-state index in [1.54, 1.807) is 12.3 Å². The van der Waals surface area contributed by atoms with Crippen molar-refractivity contribution in [3.8, 4) is 11.5 Å². The molecule has 2 aromatic heterocycles. The largest absolute Gasteiger partial charge is 0.472 e. The standard InChI is InChI=1S/C7H5ClN2O2/c8-3-6-9-7(12-10-6)5-1-2-11-4-5/h1-2,4H,3H2. The molecule has 0 spiro atoms. The van der Waals surface area contributed by atoms with E-state index in [1.807, 2.05) is 0 Å². The highest BCUT2D eigenvalue weighted by molar-refractivity contribution is 6.16. The summed E-state index contributed by atoms with van der Waals surface area (Å²) in [5.41, 5.74) is 0.763. The van der Waals surface area contributed by atoms with E-state index in [2.05, 4.69) is 10.1 Å². The summed E-state index contributed by atoms with van der Waals surface area (Å²) in [6.07, 6.45) is 3.07. The van der Waals surface area contributed by atoms with Gasteiger partial charge in [-0.15, -0.1) is 11.6 Å². The van der Waals surface area contributed by atoms with Crippen LogP contribution in [0.5, 0.6) is 0 Å². The average molecular weight is 185 g/mol. The third kappa shape index (κ3) is 1.21. The molecule has 0 aliphatic rings. The van der Waals surface area contributed by atoms with Crippen molar-refractivity contribution >= 4 is 11.6 Å². The first-order valence-corrected chi connectivity index (χ1v) is 3.84. The van der Waals surface area contributed by atoms with Crippen LogP contribution in [0.2, 0.25) is 0 Å². The molecule has 0 radical (unpaired) electrons. The molecule has 0 fully saturated rings. The molecule has 62 valence electrons. The van der Waals surface area contributed by atoms with Crippen LogP contribution in [0, 0.1) is 0 Å². The molecule has 0 amide bonds. The van der Waals surface area contributed by atoms with E-state index in [0.717, 1.165) is 5.56 Å². The van der Waals surface area contributed by atoms with Crippen LogP contribution in [-0.2, 0) is 5.88 Å². The Hall–Kier alpha value is -1.29. The van der Waals surface area contributed by atoms with Gasteiger partial charge in [0.05, 0.1) is 17.7 Å². The van der Waals surface area contributed by atoms with Gasteiger partial charge in [0.15, 0.2) is 5.82 Å². The van der Waals surface area contributed by atoms with Gasteiger partial charge in [-0.1, -0.05) is 5.16 Å². The van der Waals surface area contributed by atoms with Gasteiger partial charge in [0.25, 0.3) is 5.89 Å². The second kappa shape index (κ2) is 2.98. The maximum Gasteiger partial charge on any atom is 0.261 e. The fraction of sp³-hybridized carbons (Fsp3) is 0.143. The first kappa shape index (κ1) is 7.36. The zero-order chi connectivity index (χ0) is 8.39. The van der Waals surface area contributed by atoms with Crippen molar-refractivity contribution in [2.45, 2.75) is 5.88 Å². The van der Waals surface area contributed by atoms with Crippen LogP contribution in [0.3, 0.4) is 0 Å². The summed E-state index contributed by atoms with van der Waals surface area (Å²) in [5.74, 6) is 1.16. The van der Waals surface area contributed by atoms with Gasteiger partial charge in [-0.2, -0.15) is 4.98 Å². The number of nitrogens with zero attached hydrogens (tertiary/aromatic N) is 2. The third-order valence-corrected chi connectivity index (χ3v) is 1.59. The lowest BCUT2D eigenvalue weighted by Gasteiger charge is -1.80. The summed E-state index contributed by atoms with van der Waals surface area (Å²) in [7, 11) is 0. The molecule has 0 unspecified atom stereocenters. The molecule has 0 N–H and O–H groups in total. The van der Waals surface area contributed by atoms with Crippen molar-refractivity contribution in [1.82, 2.24) is 10.1 Å². The van der Waals surface area contributed by atoms with Crippen LogP contribution in [0.4, 0.5) is 0 Å². The van der Waals surface area contributed by atoms with Crippen molar-refractivity contribution in [3.05, 3.63) is 24.4 Å². The maximum atomic E-state index is 5.49. The predicted molar refractivity (Wildman–Crippen MR) is 41.6 cm³/mol. The summed E-state index contributed by atoms with van der Waals surface area (Å²) < 4.78 is 9.75. The number of rotatable bonds is 2. The van der Waals surface area contributed by atoms with Gasteiger partial charge in [0.2, 0.25) is 0 Å². The van der Waals surface area contributed by atoms with Gasteiger partial charge in [-0.3, -0.25) is 0 Å². The van der Waals surface area contributed by atoms with Gasteiger partial charge >= 0.3 is 0 Å². The highest BCUT2D eigenvalue weighted by atomic mass is 35.5. The van der Waals surface area contributed by atoms with E-state index < -0.39 is 0 Å². The Balaban J connectivity index is 2.35. The summed E-state index contributed by atoms with van der Waals surface area (Å²) in [5, 5.41) is 3.63. The molecule has 12 heavy (non-hydrogen) atoms. The number of hydrogen-bond acceptors (Lipinski definition) is 4. The van der Waals surface area contributed by atoms with Crippen LogP contribution >= 0.6 is 11.6 Å². The number of alkyl halides is 1. The lowest BCUT2D eigenvalue weighted by molar-refractivity contribution is 0.424. The Labute approximate surface area is 73.1 Å². The minimum absolute atomic E-state index is 0.251. The lowest BCUT2D eigenvalue weighted by atomic mass is 10.3. The zero-order valence-corrected chi connectivity index (χ0v) is 6.78. The molecule has 0 aliphatic carbocycles. The Kier molecular flexibility index (Phi) is 1.83. The van der Waals surface area contributed by atoms with Crippen molar-refractivity contribution < 1.29 is 8.94 Å². The molecule has 0 atom stereocenters. The average Bonchev–Trinajstić information content (AvgIpc) is 2.75. The van der Waals surface area contributed by atoms with Crippen molar-refractivity contribution in [1.29, 1.82) is 0 Å². The Morgan fingerprint density at radius 2 is 2.42 bits per heavy atom. The normalized spacial score (nSPS) is 10.4. The fourth-order valence-electron chi connectivity index (χ4n) is 0.812. The van der Waals surface area contributed by atoms with E-state index in [0.29, 0.717) is 11.7 Å². The molecule has 0 aliphatic heterocycles. The number of aromatic nitrogens is 2. The molecule has 0 bridgehead atoms. The van der Waals surface area contributed by atoms with Crippen molar-refractivity contribution in [3.63, 3.8) is 0 Å². The van der Waals surface area contributed by atoms with Gasteiger partial charge < -0.3 is 8.94 Å². The molecule has 0 saturated heterocycles. The van der Waals surface area contributed by atoms with Crippen LogP contribution < -0.4 is 0 Å². The quantitative estimate of drug-likeness (QED) is 0.671. The van der Waals surface area contributed by atoms with Gasteiger partial charge in [0, 0.05) is 0 Å². The second-order valence-electron chi connectivity index (χ2n) is 2.16. The van der Waals surface area contributed by atoms with E-state index in [1.165, 1.54) is 6.26 Å². The lowest BCUT2D eigenvalue weighted by Crippen LogP contribution is -1.78. The first-order valence-electron chi connectivity index (χ1n) is 3.31. The fourth-order valence-corrected chi connectivity index (χ4v) is 0.920. The topological polar surface area (TPSA) is 52.1 Å². The molecule has 4 nitrogen and oxygen atoms in total. The Morgan fingerprint density at radius 3 is 3.00 bits per heavy atom. The molecule has 0 saturated carbocycles. The summed E-state index contributed by atoms with van der Waals surface area (Å²) >= 11 is 5.49. The summed E-state index contributed by atoms with van der Waals surface area (Å²) in [4.78, 5) is 4.00. The highest BCUT2D eigenvalue weighted by Crippen LogP contribution is 2.17. The van der Waals surface area contributed by atoms with E-state index >= 15 is 0 Å². The molecular formula is C7H5ClN2O2. The van der Waals surface area contributed by atoms with Gasteiger partial charge in [0.1, 0.15) is 6.26 Å². The number of furan rings is 1. The van der Waals surface area contributed by atoms with E-state index in [9.17, 15) is 0 Å². The molecule has 2 aromatic rings. The number of hydrogen-bond donors (Lipinski definition) is 0. The molecule has 0 aromatic carbocycles. The SMILES string of the molecule is ClCc1noc(-c2ccoc2)n1. The Bertz CT molecular complexity index is 355. The van der Waals surface area contributed by atoms with E-state index in [4.69, 9.17) is 20.5 Å². The molecular weight excluding hydrogens is 180 g/mol. The third-order valence-electron chi connectivity index (χ3n) is 1.36. The maximum absolute atomic E-state index is 5.49. The molecule has 2 rings (SSSR count). The van der Waals surface area contributed by atoms with Crippen molar-refractivity contribution in [2.24, 2.45) is 0 Å². The van der Waals surface area contributed by atoms with Gasteiger partial charge in [-0.25, -0.2) is 0 Å². The van der Waals surface area contributed by atoms with E-state index in [-0.39, 0.29) is 5.88 Å². The molecule has 2 heterocycles. The number of halogens is 1. The first-order chi connectivity index (χ1) is 5.90. The van der Waals surface area contributed by atoms with Crippen LogP contribution in [0.15, 0.2) is 27.5 Å². The highest BCUT2D eigenvalue weighted by Gasteiger charge is 2.07. The van der Waals surface area contributed by atoms with Crippen molar-refractivity contribution in [2.75, 3.05) is 0 Å². The zero-order valence-electron chi connectivity index (χ0n) is 6.03. The summed E-state index contributed by atoms with van der Waals surface area (Å²) in [6, 6.07) is 1.74. The summed E-state index contributed by atoms with van der Waals surface area (Å²) in [6.45, 7) is 0. The molecule has 5 heteroatoms. The predicted octanol–water partition coefficient (Wildman–Crippen LogP) is 2.07. The Morgan fingerprint density at radius 1 is 1.50 bits per heavy atom. The smallest absolute Gasteiger partial charge is 0.261 e. The minimum atomic E-state index is 0.251. The monoisotopic (exact) mass is 184 g/mol. The van der Waals surface area contributed by atoms with Crippen LogP contribution in [0.25, 0.3) is 11.5 Å².